The van der Waals surface area contributed by atoms with Gasteiger partial charge in [0.25, 0.3) is 11.8 Å². The lowest BCUT2D eigenvalue weighted by molar-refractivity contribution is 0.0910. The second-order valence-electron chi connectivity index (χ2n) is 11.2. The van der Waals surface area contributed by atoms with Gasteiger partial charge in [-0.3, -0.25) is 9.59 Å². The molecule has 0 saturated heterocycles. The lowest BCUT2D eigenvalue weighted by Crippen LogP contribution is -2.40. The fourth-order valence-corrected chi connectivity index (χ4v) is 6.38. The van der Waals surface area contributed by atoms with Gasteiger partial charge in [-0.15, -0.1) is 0 Å². The van der Waals surface area contributed by atoms with E-state index in [9.17, 15) is 18.5 Å². The summed E-state index contributed by atoms with van der Waals surface area (Å²) in [6, 6.07) is 23.8. The number of amides is 2. The number of carbonyl (C=O) groups excluding carboxylic acids is 2. The minimum absolute atomic E-state index is 0.281. The summed E-state index contributed by atoms with van der Waals surface area (Å²) in [5.74, 6) is -0.791. The van der Waals surface area contributed by atoms with Crippen molar-refractivity contribution in [3.63, 3.8) is 0 Å². The van der Waals surface area contributed by atoms with Crippen LogP contribution in [0.4, 0.5) is 4.39 Å². The SMILES string of the molecule is CNC(=O)c1c(-c2ccc(F)cc2)oc2c1cc(-c1cccc(C(=O)NC(C)(C)c3ccc(Cl)cc3)c1)c1c2ccn1[S+](C)[O-]. The van der Waals surface area contributed by atoms with E-state index in [-0.39, 0.29) is 23.1 Å². The molecule has 0 saturated carbocycles. The van der Waals surface area contributed by atoms with Crippen molar-refractivity contribution in [1.82, 2.24) is 14.6 Å². The number of halogens is 2. The summed E-state index contributed by atoms with van der Waals surface area (Å²) in [5.41, 5.74) is 3.81. The number of fused-ring (bicyclic) bond motifs is 3. The van der Waals surface area contributed by atoms with E-state index in [0.29, 0.717) is 49.1 Å². The van der Waals surface area contributed by atoms with Crippen LogP contribution in [0.15, 0.2) is 95.5 Å². The third-order valence-corrected chi connectivity index (χ3v) is 8.96. The zero-order valence-electron chi connectivity index (χ0n) is 24.9. The number of furan rings is 1. The Balaban J connectivity index is 1.52. The molecule has 4 aromatic carbocycles. The van der Waals surface area contributed by atoms with Gasteiger partial charge in [0, 0.05) is 39.5 Å². The molecule has 2 N–H and O–H groups in total. The predicted molar refractivity (Wildman–Crippen MR) is 177 cm³/mol. The van der Waals surface area contributed by atoms with E-state index in [0.717, 1.165) is 5.56 Å². The van der Waals surface area contributed by atoms with Crippen molar-refractivity contribution >= 4 is 56.6 Å². The van der Waals surface area contributed by atoms with Crippen LogP contribution in [-0.4, -0.2) is 33.6 Å². The minimum atomic E-state index is -1.43. The van der Waals surface area contributed by atoms with Crippen LogP contribution in [0.5, 0.6) is 0 Å². The molecule has 0 radical (unpaired) electrons. The summed E-state index contributed by atoms with van der Waals surface area (Å²) < 4.78 is 34.6. The van der Waals surface area contributed by atoms with E-state index in [4.69, 9.17) is 16.0 Å². The smallest absolute Gasteiger partial charge is 0.255 e. The van der Waals surface area contributed by atoms with E-state index in [1.807, 2.05) is 38.1 Å². The monoisotopic (exact) mass is 641 g/mol. The highest BCUT2D eigenvalue weighted by Gasteiger charge is 2.28. The highest BCUT2D eigenvalue weighted by molar-refractivity contribution is 7.89. The van der Waals surface area contributed by atoms with Crippen molar-refractivity contribution in [3.8, 4) is 22.5 Å². The largest absolute Gasteiger partial charge is 0.593 e. The van der Waals surface area contributed by atoms with E-state index in [1.165, 1.54) is 19.2 Å². The maximum Gasteiger partial charge on any atom is 0.255 e. The Kier molecular flexibility index (Phi) is 7.95. The topological polar surface area (TPSA) is 99.3 Å². The molecule has 0 fully saturated rings. The molecule has 0 aliphatic rings. The van der Waals surface area contributed by atoms with Crippen LogP contribution in [0.1, 0.15) is 40.1 Å². The highest BCUT2D eigenvalue weighted by Crippen LogP contribution is 2.42. The van der Waals surface area contributed by atoms with E-state index >= 15 is 0 Å². The number of hydrogen-bond donors (Lipinski definition) is 2. The van der Waals surface area contributed by atoms with Gasteiger partial charge in [-0.05, 0) is 85.6 Å². The molecule has 7 nitrogen and oxygen atoms in total. The van der Waals surface area contributed by atoms with Crippen molar-refractivity contribution in [2.45, 2.75) is 19.4 Å². The molecule has 2 amide bonds. The standard InChI is InChI=1S/C35H29ClFN3O4S/c1-35(2,23-10-12-24(36)13-11-23)39-33(41)22-7-5-6-21(18-22)27-19-28-29(34(42)38-3)31(20-8-14-25(37)15-9-20)44-32(28)26-16-17-40(30(26)27)45(4)43/h5-19H,1-4H3,(H,38,42)(H,39,41). The number of hydrogen-bond acceptors (Lipinski definition) is 4. The van der Waals surface area contributed by atoms with Crippen molar-refractivity contribution in [1.29, 1.82) is 0 Å². The Labute approximate surface area is 267 Å². The Morgan fingerprint density at radius 3 is 2.31 bits per heavy atom. The number of rotatable bonds is 7. The third kappa shape index (κ3) is 5.59. The number of aromatic nitrogens is 1. The number of nitrogens with one attached hydrogen (secondary N) is 2. The average Bonchev–Trinajstić information content (AvgIpc) is 3.63. The summed E-state index contributed by atoms with van der Waals surface area (Å²) in [6.07, 6.45) is 3.27. The molecular weight excluding hydrogens is 613 g/mol. The second-order valence-corrected chi connectivity index (χ2v) is 12.9. The normalized spacial score (nSPS) is 12.4. The van der Waals surface area contributed by atoms with Crippen LogP contribution in [0.25, 0.3) is 44.3 Å². The van der Waals surface area contributed by atoms with Gasteiger partial charge < -0.3 is 19.6 Å². The molecule has 0 spiro atoms. The van der Waals surface area contributed by atoms with Crippen LogP contribution >= 0.6 is 11.6 Å². The lowest BCUT2D eigenvalue weighted by atomic mass is 9.93. The van der Waals surface area contributed by atoms with Gasteiger partial charge in [-0.25, -0.2) is 4.39 Å². The van der Waals surface area contributed by atoms with Crippen LogP contribution < -0.4 is 10.6 Å². The van der Waals surface area contributed by atoms with Crippen molar-refractivity contribution in [3.05, 3.63) is 119 Å². The number of nitrogens with zero attached hydrogens (tertiary/aromatic N) is 1. The van der Waals surface area contributed by atoms with Crippen molar-refractivity contribution in [2.75, 3.05) is 13.3 Å². The summed E-state index contributed by atoms with van der Waals surface area (Å²) >= 11 is 4.63. The quantitative estimate of drug-likeness (QED) is 0.175. The van der Waals surface area contributed by atoms with Gasteiger partial charge in [0.05, 0.1) is 28.7 Å². The molecule has 2 heterocycles. The first kappa shape index (κ1) is 30.5. The first-order valence-corrected chi connectivity index (χ1v) is 16.0. The highest BCUT2D eigenvalue weighted by atomic mass is 35.5. The zero-order valence-corrected chi connectivity index (χ0v) is 26.5. The van der Waals surface area contributed by atoms with E-state index < -0.39 is 22.7 Å². The van der Waals surface area contributed by atoms with Gasteiger partial charge >= 0.3 is 0 Å². The summed E-state index contributed by atoms with van der Waals surface area (Å²) in [5, 5.41) is 7.56. The molecule has 6 rings (SSSR count). The van der Waals surface area contributed by atoms with Crippen LogP contribution in [0.3, 0.4) is 0 Å². The van der Waals surface area contributed by atoms with Gasteiger partial charge in [-0.2, -0.15) is 3.97 Å². The molecule has 6 aromatic rings. The zero-order chi connectivity index (χ0) is 32.0. The molecule has 0 aliphatic carbocycles. The fraction of sp³-hybridized carbons (Fsp3) is 0.143. The maximum absolute atomic E-state index is 13.8. The van der Waals surface area contributed by atoms with Gasteiger partial charge in [0.2, 0.25) is 0 Å². The van der Waals surface area contributed by atoms with Crippen molar-refractivity contribution in [2.24, 2.45) is 0 Å². The molecule has 0 bridgehead atoms. The fourth-order valence-electron chi connectivity index (χ4n) is 5.57. The van der Waals surface area contributed by atoms with E-state index in [2.05, 4.69) is 10.6 Å². The summed E-state index contributed by atoms with van der Waals surface area (Å²) in [6.45, 7) is 3.83. The molecule has 1 unspecified atom stereocenters. The Hall–Kier alpha value is -4.57. The van der Waals surface area contributed by atoms with Crippen LogP contribution in [0, 0.1) is 5.82 Å². The molecule has 10 heteroatoms. The number of benzene rings is 4. The molecule has 228 valence electrons. The Morgan fingerprint density at radius 1 is 0.933 bits per heavy atom. The maximum atomic E-state index is 13.8. The van der Waals surface area contributed by atoms with Gasteiger partial charge in [0.15, 0.2) is 0 Å². The predicted octanol–water partition coefficient (Wildman–Crippen LogP) is 7.68. The molecular formula is C35H29ClFN3O4S. The first-order chi connectivity index (χ1) is 21.5. The third-order valence-electron chi connectivity index (χ3n) is 7.85. The average molecular weight is 642 g/mol. The second kappa shape index (κ2) is 11.7. The molecule has 0 aliphatic heterocycles. The Bertz CT molecular complexity index is 2080. The van der Waals surface area contributed by atoms with Gasteiger partial charge in [-0.1, -0.05) is 35.9 Å². The van der Waals surface area contributed by atoms with Gasteiger partial charge in [0.1, 0.15) is 28.9 Å². The lowest BCUT2D eigenvalue weighted by Gasteiger charge is -2.27. The Morgan fingerprint density at radius 2 is 1.64 bits per heavy atom. The molecule has 1 atom stereocenters. The first-order valence-electron chi connectivity index (χ1n) is 14.1. The summed E-state index contributed by atoms with van der Waals surface area (Å²) in [4.78, 5) is 26.9. The van der Waals surface area contributed by atoms with E-state index in [1.54, 1.807) is 65.0 Å². The van der Waals surface area contributed by atoms with Crippen LogP contribution in [0.2, 0.25) is 5.02 Å². The number of carbonyl (C=O) groups is 2. The van der Waals surface area contributed by atoms with Crippen molar-refractivity contribution < 1.29 is 22.9 Å². The molecule has 2 aromatic heterocycles. The molecule has 45 heavy (non-hydrogen) atoms. The van der Waals surface area contributed by atoms with Crippen LogP contribution in [-0.2, 0) is 16.9 Å². The minimum Gasteiger partial charge on any atom is -0.593 e. The summed E-state index contributed by atoms with van der Waals surface area (Å²) in [7, 11) is 1.53.